The van der Waals surface area contributed by atoms with Gasteiger partial charge in [-0.3, -0.25) is 19.2 Å². The van der Waals surface area contributed by atoms with Gasteiger partial charge in [0.05, 0.1) is 11.8 Å². The van der Waals surface area contributed by atoms with Gasteiger partial charge in [-0.1, -0.05) is 124 Å². The van der Waals surface area contributed by atoms with Gasteiger partial charge in [0, 0.05) is 23.2 Å². The molecular weight excluding hydrogens is 937 g/mol. The highest BCUT2D eigenvalue weighted by molar-refractivity contribution is 6.01. The monoisotopic (exact) mass is 1020 g/mol. The maximum atomic E-state index is 14.3. The second kappa shape index (κ2) is 29.7. The van der Waals surface area contributed by atoms with Gasteiger partial charge in [-0.2, -0.15) is 0 Å². The number of carbonyl (C=O) groups excluding carboxylic acids is 4. The average molecular weight is 1020 g/mol. The fraction of sp³-hybridized carbons (Fsp3) is 0.446. The van der Waals surface area contributed by atoms with Gasteiger partial charge in [0.15, 0.2) is 5.78 Å². The van der Waals surface area contributed by atoms with Crippen molar-refractivity contribution in [2.24, 2.45) is 29.1 Å². The van der Waals surface area contributed by atoms with Crippen LogP contribution in [-0.2, 0) is 32.0 Å². The van der Waals surface area contributed by atoms with Crippen LogP contribution in [0.5, 0.6) is 11.5 Å². The topological polar surface area (TPSA) is 179 Å². The van der Waals surface area contributed by atoms with Gasteiger partial charge >= 0.3 is 11.9 Å². The van der Waals surface area contributed by atoms with Gasteiger partial charge in [0.25, 0.3) is 0 Å². The van der Waals surface area contributed by atoms with Crippen molar-refractivity contribution in [3.8, 4) is 11.5 Å². The lowest BCUT2D eigenvalue weighted by molar-refractivity contribution is -0.230. The van der Waals surface area contributed by atoms with E-state index in [4.69, 9.17) is 20.9 Å². The summed E-state index contributed by atoms with van der Waals surface area (Å²) in [4.78, 5) is 54.8. The van der Waals surface area contributed by atoms with E-state index in [1.165, 1.54) is 76.4 Å². The third-order valence-corrected chi connectivity index (χ3v) is 15.6. The van der Waals surface area contributed by atoms with Crippen LogP contribution in [0.3, 0.4) is 0 Å². The van der Waals surface area contributed by atoms with E-state index in [-0.39, 0.29) is 36.6 Å². The standard InChI is InChI=1S/C65H82N2O8/c1-3-5-7-9-11-13-15-48-17-31-54(32-18-48)62(70)74-59-40-26-50(27-41-59)25-39-58(68)47-64(45-52-21-35-56(66)36-22-52,46-53-23-37-57(67)38-24-53)65(72,73)61(69)44-30-51-28-42-60(43-29-51)75-63(71)55-33-19-49(20-34-55)16-14-12-10-8-6-4-2/h3-4,21-30,35-44,48-49,54-55,72-73H,1-2,5-20,31-34,45-47,66-67H2/b39-25+,44-30+. The molecule has 6 N–H and O–H groups in total. The predicted molar refractivity (Wildman–Crippen MR) is 302 cm³/mol. The maximum Gasteiger partial charge on any atom is 0.314 e. The van der Waals surface area contributed by atoms with Gasteiger partial charge in [-0.25, -0.2) is 0 Å². The molecule has 2 fully saturated rings. The van der Waals surface area contributed by atoms with Crippen LogP contribution in [0.2, 0.25) is 0 Å². The van der Waals surface area contributed by atoms with Crippen LogP contribution >= 0.6 is 0 Å². The molecule has 0 spiro atoms. The summed E-state index contributed by atoms with van der Waals surface area (Å²) < 4.78 is 11.6. The summed E-state index contributed by atoms with van der Waals surface area (Å²) >= 11 is 0. The molecule has 6 rings (SSSR count). The number of anilines is 2. The lowest BCUT2D eigenvalue weighted by atomic mass is 9.65. The zero-order chi connectivity index (χ0) is 53.5. The number of nitrogens with two attached hydrogens (primary N) is 2. The Morgan fingerprint density at radius 2 is 0.907 bits per heavy atom. The van der Waals surface area contributed by atoms with Gasteiger partial charge in [0.1, 0.15) is 11.5 Å². The SMILES string of the molecule is C=CCCCCCCC1CCC(C(=O)Oc2ccc(/C=C/C(=O)CC(Cc3ccc(N)cc3)(Cc3ccc(N)cc3)C(O)(O)C(=O)/C=C/c3ccc(OC(=O)C4CCC(CCCCCCC=C)CC4)cc3)cc2)CC1. The fourth-order valence-corrected chi connectivity index (χ4v) is 11.0. The predicted octanol–water partition coefficient (Wildman–Crippen LogP) is 13.7. The van der Waals surface area contributed by atoms with E-state index < -0.39 is 29.2 Å². The van der Waals surface area contributed by atoms with Gasteiger partial charge in [-0.05, 0) is 185 Å². The quantitative estimate of drug-likeness (QED) is 0.00747. The molecule has 0 bridgehead atoms. The van der Waals surface area contributed by atoms with Crippen LogP contribution in [-0.4, -0.2) is 39.5 Å². The molecule has 2 aliphatic rings. The van der Waals surface area contributed by atoms with E-state index in [2.05, 4.69) is 13.2 Å². The molecule has 0 radical (unpaired) electrons. The molecule has 0 amide bonds. The van der Waals surface area contributed by atoms with E-state index in [9.17, 15) is 29.4 Å². The number of ketones is 2. The summed E-state index contributed by atoms with van der Waals surface area (Å²) in [6.07, 6.45) is 30.8. The third-order valence-electron chi connectivity index (χ3n) is 15.6. The van der Waals surface area contributed by atoms with Crippen molar-refractivity contribution in [1.82, 2.24) is 0 Å². The summed E-state index contributed by atoms with van der Waals surface area (Å²) in [6, 6.07) is 27.3. The second-order valence-electron chi connectivity index (χ2n) is 21.4. The Bertz CT molecular complexity index is 2440. The number of hydrogen-bond donors (Lipinski definition) is 4. The molecule has 400 valence electrons. The normalized spacial score (nSPS) is 18.2. The van der Waals surface area contributed by atoms with E-state index in [1.807, 2.05) is 12.2 Å². The Kier molecular flexibility index (Phi) is 22.9. The van der Waals surface area contributed by atoms with E-state index in [0.717, 1.165) is 70.3 Å². The van der Waals surface area contributed by atoms with Crippen molar-refractivity contribution in [2.45, 2.75) is 153 Å². The van der Waals surface area contributed by atoms with Crippen molar-refractivity contribution in [3.63, 3.8) is 0 Å². The number of allylic oxidation sites excluding steroid dienone is 3. The number of unbranched alkanes of at least 4 members (excludes halogenated alkanes) is 8. The Morgan fingerprint density at radius 1 is 0.520 bits per heavy atom. The van der Waals surface area contributed by atoms with Crippen LogP contribution in [0.1, 0.15) is 157 Å². The molecule has 0 aliphatic heterocycles. The first-order chi connectivity index (χ1) is 36.2. The fourth-order valence-electron chi connectivity index (χ4n) is 11.0. The van der Waals surface area contributed by atoms with Crippen LogP contribution in [0.25, 0.3) is 12.2 Å². The Morgan fingerprint density at radius 3 is 1.31 bits per heavy atom. The molecule has 2 aliphatic carbocycles. The first-order valence-electron chi connectivity index (χ1n) is 27.7. The van der Waals surface area contributed by atoms with Gasteiger partial charge in [-0.15, -0.1) is 13.2 Å². The summed E-state index contributed by atoms with van der Waals surface area (Å²) in [7, 11) is 0. The van der Waals surface area contributed by atoms with E-state index in [1.54, 1.807) is 103 Å². The Hall–Kier alpha value is -6.36. The van der Waals surface area contributed by atoms with Crippen molar-refractivity contribution in [1.29, 1.82) is 0 Å². The zero-order valence-corrected chi connectivity index (χ0v) is 44.2. The van der Waals surface area contributed by atoms with Crippen molar-refractivity contribution in [2.75, 3.05) is 11.5 Å². The molecule has 4 aromatic rings. The summed E-state index contributed by atoms with van der Waals surface area (Å²) in [5.74, 6) is -3.12. The van der Waals surface area contributed by atoms with Gasteiger partial charge in [0.2, 0.25) is 11.6 Å². The molecule has 0 saturated heterocycles. The highest BCUT2D eigenvalue weighted by Crippen LogP contribution is 2.43. The molecule has 4 aromatic carbocycles. The average Bonchev–Trinajstić information content (AvgIpc) is 3.41. The lowest BCUT2D eigenvalue weighted by Crippen LogP contribution is -2.57. The smallest absolute Gasteiger partial charge is 0.314 e. The molecule has 0 heterocycles. The van der Waals surface area contributed by atoms with E-state index >= 15 is 0 Å². The summed E-state index contributed by atoms with van der Waals surface area (Å²) in [5, 5.41) is 24.6. The minimum absolute atomic E-state index is 0.0832. The van der Waals surface area contributed by atoms with Crippen LogP contribution in [0.15, 0.2) is 135 Å². The second-order valence-corrected chi connectivity index (χ2v) is 21.4. The molecule has 0 atom stereocenters. The van der Waals surface area contributed by atoms with Crippen molar-refractivity contribution < 1.29 is 38.9 Å². The first kappa shape index (κ1) is 57.9. The van der Waals surface area contributed by atoms with Crippen LogP contribution in [0.4, 0.5) is 11.4 Å². The Balaban J connectivity index is 1.10. The number of esters is 2. The van der Waals surface area contributed by atoms with Crippen molar-refractivity contribution >= 4 is 47.0 Å². The molecule has 0 aromatic heterocycles. The summed E-state index contributed by atoms with van der Waals surface area (Å²) in [6.45, 7) is 7.60. The van der Waals surface area contributed by atoms with E-state index in [0.29, 0.717) is 57.0 Å². The number of ether oxygens (including phenoxy) is 2. The number of carbonyl (C=O) groups is 4. The molecule has 0 unspecified atom stereocenters. The highest BCUT2D eigenvalue weighted by Gasteiger charge is 2.54. The molecule has 2 saturated carbocycles. The molecule has 10 heteroatoms. The third kappa shape index (κ3) is 18.5. The molecule has 10 nitrogen and oxygen atoms in total. The number of rotatable bonds is 30. The van der Waals surface area contributed by atoms with Crippen LogP contribution < -0.4 is 20.9 Å². The van der Waals surface area contributed by atoms with Gasteiger partial charge < -0.3 is 31.2 Å². The molecule has 75 heavy (non-hydrogen) atoms. The van der Waals surface area contributed by atoms with Crippen LogP contribution in [0, 0.1) is 29.1 Å². The number of aliphatic hydroxyl groups is 2. The highest BCUT2D eigenvalue weighted by atomic mass is 16.5. The largest absolute Gasteiger partial charge is 0.426 e. The number of benzene rings is 4. The summed E-state index contributed by atoms with van der Waals surface area (Å²) in [5.41, 5.74) is 13.8. The first-order valence-corrected chi connectivity index (χ1v) is 27.7. The number of hydrogen-bond acceptors (Lipinski definition) is 10. The molecular formula is C65H82N2O8. The zero-order valence-electron chi connectivity index (χ0n) is 44.2. The van der Waals surface area contributed by atoms with Crippen molar-refractivity contribution in [3.05, 3.63) is 157 Å². The number of nitrogen functional groups attached to an aromatic ring is 2. The minimum Gasteiger partial charge on any atom is -0.426 e. The lowest BCUT2D eigenvalue weighted by Gasteiger charge is -2.42. The minimum atomic E-state index is -3.06. The maximum absolute atomic E-state index is 14.3. The Labute approximate surface area is 446 Å².